The molecule has 0 spiro atoms. The molecule has 4 aliphatic rings. The van der Waals surface area contributed by atoms with E-state index in [1.165, 1.54) is 24.0 Å². The molecule has 0 aromatic carbocycles. The second-order valence-corrected chi connectivity index (χ2v) is 6.64. The third-order valence-electron chi connectivity index (χ3n) is 5.71. The molecule has 0 N–H and O–H groups in total. The smallest absolute Gasteiger partial charge is 0.182 e. The SMILES string of the molecule is O=C1CCC2=C3C(=O)C=C4CCCC4C3CCC2C1. The molecule has 0 bridgehead atoms. The van der Waals surface area contributed by atoms with Crippen LogP contribution in [0.5, 0.6) is 0 Å². The van der Waals surface area contributed by atoms with E-state index >= 15 is 0 Å². The Morgan fingerprint density at radius 2 is 1.84 bits per heavy atom. The molecule has 0 aliphatic heterocycles. The lowest BCUT2D eigenvalue weighted by Crippen LogP contribution is -2.34. The molecule has 0 aromatic heterocycles. The molecule has 0 heterocycles. The molecule has 0 saturated heterocycles. The summed E-state index contributed by atoms with van der Waals surface area (Å²) in [5.41, 5.74) is 3.92. The molecule has 2 heteroatoms. The number of Topliss-reactive ketones (excluding diaryl/α,β-unsaturated/α-hetero) is 1. The topological polar surface area (TPSA) is 34.1 Å². The first-order chi connectivity index (χ1) is 9.24. The van der Waals surface area contributed by atoms with Crippen LogP contribution < -0.4 is 0 Å². The van der Waals surface area contributed by atoms with Gasteiger partial charge < -0.3 is 0 Å². The minimum absolute atomic E-state index is 0.284. The second-order valence-electron chi connectivity index (χ2n) is 6.64. The third kappa shape index (κ3) is 1.69. The van der Waals surface area contributed by atoms with Crippen LogP contribution in [0.4, 0.5) is 0 Å². The van der Waals surface area contributed by atoms with E-state index in [0.29, 0.717) is 36.4 Å². The minimum Gasteiger partial charge on any atom is -0.300 e. The maximum Gasteiger partial charge on any atom is 0.182 e. The Bertz CT molecular complexity index is 523. The maximum atomic E-state index is 12.5. The van der Waals surface area contributed by atoms with E-state index in [2.05, 4.69) is 0 Å². The molecule has 0 amide bonds. The summed E-state index contributed by atoms with van der Waals surface area (Å²) in [5, 5.41) is 0. The first-order valence-corrected chi connectivity index (χ1v) is 7.73. The van der Waals surface area contributed by atoms with Crippen LogP contribution in [0.1, 0.15) is 51.4 Å². The molecule has 2 nitrogen and oxygen atoms in total. The van der Waals surface area contributed by atoms with Gasteiger partial charge in [-0.1, -0.05) is 11.1 Å². The highest BCUT2D eigenvalue weighted by molar-refractivity contribution is 6.07. The summed E-state index contributed by atoms with van der Waals surface area (Å²) < 4.78 is 0. The van der Waals surface area contributed by atoms with Gasteiger partial charge in [0.15, 0.2) is 5.78 Å². The lowest BCUT2D eigenvalue weighted by Gasteiger charge is -2.40. The molecule has 3 atom stereocenters. The van der Waals surface area contributed by atoms with Crippen LogP contribution in [0.3, 0.4) is 0 Å². The van der Waals surface area contributed by atoms with Crippen molar-refractivity contribution in [1.29, 1.82) is 0 Å². The lowest BCUT2D eigenvalue weighted by atomic mass is 9.63. The van der Waals surface area contributed by atoms with E-state index in [1.54, 1.807) is 0 Å². The van der Waals surface area contributed by atoms with E-state index in [9.17, 15) is 9.59 Å². The third-order valence-corrected chi connectivity index (χ3v) is 5.71. The van der Waals surface area contributed by atoms with Gasteiger partial charge in [0, 0.05) is 18.4 Å². The van der Waals surface area contributed by atoms with Gasteiger partial charge in [-0.25, -0.2) is 0 Å². The van der Waals surface area contributed by atoms with Crippen molar-refractivity contribution in [2.75, 3.05) is 0 Å². The van der Waals surface area contributed by atoms with Gasteiger partial charge in [0.2, 0.25) is 0 Å². The van der Waals surface area contributed by atoms with Gasteiger partial charge in [0.1, 0.15) is 5.78 Å². The number of allylic oxidation sites excluding steroid dienone is 4. The van der Waals surface area contributed by atoms with Crippen LogP contribution >= 0.6 is 0 Å². The number of hydrogen-bond acceptors (Lipinski definition) is 2. The Hall–Kier alpha value is -1.18. The first kappa shape index (κ1) is 11.6. The number of carbonyl (C=O) groups is 2. The molecule has 0 aromatic rings. The van der Waals surface area contributed by atoms with E-state index in [-0.39, 0.29) is 5.78 Å². The van der Waals surface area contributed by atoms with Gasteiger partial charge in [0.25, 0.3) is 0 Å². The van der Waals surface area contributed by atoms with Crippen molar-refractivity contribution >= 4 is 11.6 Å². The van der Waals surface area contributed by atoms with Crippen LogP contribution in [0.2, 0.25) is 0 Å². The van der Waals surface area contributed by atoms with E-state index in [4.69, 9.17) is 0 Å². The number of ketones is 2. The zero-order valence-corrected chi connectivity index (χ0v) is 11.3. The summed E-state index contributed by atoms with van der Waals surface area (Å²) in [7, 11) is 0. The molecular formula is C17H20O2. The molecule has 19 heavy (non-hydrogen) atoms. The monoisotopic (exact) mass is 256 g/mol. The lowest BCUT2D eigenvalue weighted by molar-refractivity contribution is -0.121. The van der Waals surface area contributed by atoms with Gasteiger partial charge in [0.05, 0.1) is 0 Å². The highest BCUT2D eigenvalue weighted by atomic mass is 16.1. The van der Waals surface area contributed by atoms with E-state index < -0.39 is 0 Å². The van der Waals surface area contributed by atoms with Crippen molar-refractivity contribution in [1.82, 2.24) is 0 Å². The van der Waals surface area contributed by atoms with Gasteiger partial charge >= 0.3 is 0 Å². The van der Waals surface area contributed by atoms with E-state index in [0.717, 1.165) is 31.3 Å². The van der Waals surface area contributed by atoms with Crippen molar-refractivity contribution in [3.63, 3.8) is 0 Å². The Labute approximate surface area is 113 Å². The second kappa shape index (κ2) is 4.16. The first-order valence-electron chi connectivity index (χ1n) is 7.73. The van der Waals surface area contributed by atoms with Crippen molar-refractivity contribution in [2.45, 2.75) is 51.4 Å². The Morgan fingerprint density at radius 1 is 0.947 bits per heavy atom. The van der Waals surface area contributed by atoms with Gasteiger partial charge in [-0.05, 0) is 62.4 Å². The fraction of sp³-hybridized carbons (Fsp3) is 0.647. The predicted molar refractivity (Wildman–Crippen MR) is 72.5 cm³/mol. The van der Waals surface area contributed by atoms with Crippen molar-refractivity contribution in [3.05, 3.63) is 22.8 Å². The molecule has 4 rings (SSSR count). The molecule has 100 valence electrons. The fourth-order valence-electron chi connectivity index (χ4n) is 4.90. The van der Waals surface area contributed by atoms with Crippen molar-refractivity contribution < 1.29 is 9.59 Å². The average Bonchev–Trinajstić information content (AvgIpc) is 2.86. The van der Waals surface area contributed by atoms with Crippen molar-refractivity contribution in [3.8, 4) is 0 Å². The summed E-state index contributed by atoms with van der Waals surface area (Å²) in [4.78, 5) is 24.1. The molecule has 4 aliphatic carbocycles. The summed E-state index contributed by atoms with van der Waals surface area (Å²) >= 11 is 0. The van der Waals surface area contributed by atoms with E-state index in [1.807, 2.05) is 6.08 Å². The summed E-state index contributed by atoms with van der Waals surface area (Å²) in [6.07, 6.45) is 10.1. The Balaban J connectivity index is 1.79. The molecule has 2 fully saturated rings. The zero-order chi connectivity index (χ0) is 13.0. The fourth-order valence-corrected chi connectivity index (χ4v) is 4.90. The number of carbonyl (C=O) groups excluding carboxylic acids is 2. The van der Waals surface area contributed by atoms with Crippen LogP contribution in [0.15, 0.2) is 22.8 Å². The highest BCUT2D eigenvalue weighted by Gasteiger charge is 2.43. The highest BCUT2D eigenvalue weighted by Crippen LogP contribution is 2.51. The van der Waals surface area contributed by atoms with Crippen LogP contribution in [-0.2, 0) is 9.59 Å². The quantitative estimate of drug-likeness (QED) is 0.666. The standard InChI is InChI=1S/C17H20O2/c18-12-5-7-14-11(8-12)4-6-15-13-3-1-2-10(13)9-16(19)17(14)15/h9,11,13,15H,1-8H2. The average molecular weight is 256 g/mol. The predicted octanol–water partition coefficient (Wildman–Crippen LogP) is 3.37. The normalized spacial score (nSPS) is 37.7. The van der Waals surface area contributed by atoms with Gasteiger partial charge in [-0.2, -0.15) is 0 Å². The summed E-state index contributed by atoms with van der Waals surface area (Å²) in [6, 6.07) is 0. The number of hydrogen-bond donors (Lipinski definition) is 0. The van der Waals surface area contributed by atoms with Crippen LogP contribution in [0, 0.1) is 17.8 Å². The molecule has 2 saturated carbocycles. The molecular weight excluding hydrogens is 236 g/mol. The summed E-state index contributed by atoms with van der Waals surface area (Å²) in [6.45, 7) is 0. The summed E-state index contributed by atoms with van der Waals surface area (Å²) in [5.74, 6) is 2.22. The minimum atomic E-state index is 0.284. The largest absolute Gasteiger partial charge is 0.300 e. The number of fused-ring (bicyclic) bond motifs is 4. The molecule has 0 radical (unpaired) electrons. The van der Waals surface area contributed by atoms with Gasteiger partial charge in [-0.3, -0.25) is 9.59 Å². The van der Waals surface area contributed by atoms with Crippen LogP contribution in [0.25, 0.3) is 0 Å². The molecule has 3 unspecified atom stereocenters. The Morgan fingerprint density at radius 3 is 2.74 bits per heavy atom. The Kier molecular flexibility index (Phi) is 2.54. The van der Waals surface area contributed by atoms with Crippen LogP contribution in [-0.4, -0.2) is 11.6 Å². The maximum absolute atomic E-state index is 12.5. The zero-order valence-electron chi connectivity index (χ0n) is 11.3. The van der Waals surface area contributed by atoms with Crippen molar-refractivity contribution in [2.24, 2.45) is 17.8 Å². The number of rotatable bonds is 0. The van der Waals surface area contributed by atoms with Gasteiger partial charge in [-0.15, -0.1) is 0 Å².